The lowest BCUT2D eigenvalue weighted by molar-refractivity contribution is -0.135. The molecule has 0 amide bonds. The molecule has 5 heteroatoms. The number of aromatic hydroxyl groups is 2. The number of aliphatic carboxylic acids is 1. The van der Waals surface area contributed by atoms with Crippen LogP contribution in [-0.4, -0.2) is 27.8 Å². The fourth-order valence-electron chi connectivity index (χ4n) is 0.453. The molecule has 0 aliphatic carbocycles. The minimum absolute atomic E-state index is 0.169. The number of benzene rings is 1. The molecule has 0 saturated carbocycles. The summed E-state index contributed by atoms with van der Waals surface area (Å²) in [5, 5.41) is 24.9. The van der Waals surface area contributed by atoms with Crippen molar-refractivity contribution in [1.29, 1.82) is 0 Å². The lowest BCUT2D eigenvalue weighted by Crippen LogP contribution is -2.10. The molecule has 0 radical (unpaired) electrons. The van der Waals surface area contributed by atoms with Crippen molar-refractivity contribution in [3.63, 3.8) is 0 Å². The highest BCUT2D eigenvalue weighted by Gasteiger charge is 1.84. The molecule has 72 valence electrons. The molecule has 0 saturated heterocycles. The number of nitrogens with two attached hydrogens (primary N) is 1. The van der Waals surface area contributed by atoms with E-state index in [4.69, 9.17) is 15.3 Å². The van der Waals surface area contributed by atoms with Crippen molar-refractivity contribution in [1.82, 2.24) is 0 Å². The molecular formula is C8H11NO4. The topological polar surface area (TPSA) is 104 Å². The second kappa shape index (κ2) is 5.84. The molecule has 0 bridgehead atoms. The standard InChI is InChI=1S/C6H6O2.C2H5NO2/c7-5-1-2-6(8)4-3-5;3-1-2(4)5/h1-4,7-8H;1,3H2,(H,4,5). The van der Waals surface area contributed by atoms with Crippen molar-refractivity contribution in [2.75, 3.05) is 6.54 Å². The van der Waals surface area contributed by atoms with E-state index in [1.54, 1.807) is 0 Å². The summed E-state index contributed by atoms with van der Waals surface area (Å²) in [5.41, 5.74) is 4.57. The first-order valence-electron chi connectivity index (χ1n) is 3.46. The summed E-state index contributed by atoms with van der Waals surface area (Å²) in [6.07, 6.45) is 0. The quantitative estimate of drug-likeness (QED) is 0.465. The summed E-state index contributed by atoms with van der Waals surface area (Å²) in [7, 11) is 0. The molecule has 1 aromatic rings. The molecule has 1 rings (SSSR count). The van der Waals surface area contributed by atoms with Gasteiger partial charge < -0.3 is 21.1 Å². The van der Waals surface area contributed by atoms with Crippen molar-refractivity contribution in [3.8, 4) is 11.5 Å². The zero-order valence-electron chi connectivity index (χ0n) is 6.84. The summed E-state index contributed by atoms with van der Waals surface area (Å²) in [6, 6.07) is 5.70. The van der Waals surface area contributed by atoms with E-state index in [2.05, 4.69) is 5.73 Å². The first-order chi connectivity index (χ1) is 6.06. The van der Waals surface area contributed by atoms with Gasteiger partial charge in [0.05, 0.1) is 6.54 Å². The molecule has 0 unspecified atom stereocenters. The SMILES string of the molecule is NCC(=O)O.Oc1ccc(O)cc1. The van der Waals surface area contributed by atoms with Gasteiger partial charge in [0.15, 0.2) is 0 Å². The van der Waals surface area contributed by atoms with Crippen LogP contribution in [-0.2, 0) is 4.79 Å². The minimum atomic E-state index is -0.968. The van der Waals surface area contributed by atoms with Gasteiger partial charge in [-0.1, -0.05) is 0 Å². The van der Waals surface area contributed by atoms with Gasteiger partial charge in [-0.15, -0.1) is 0 Å². The Bertz CT molecular complexity index is 236. The zero-order chi connectivity index (χ0) is 10.3. The maximum absolute atomic E-state index is 9.24. The molecule has 0 fully saturated rings. The lowest BCUT2D eigenvalue weighted by Gasteiger charge is -1.88. The molecule has 0 aromatic heterocycles. The Balaban J connectivity index is 0.000000252. The van der Waals surface area contributed by atoms with Crippen molar-refractivity contribution in [3.05, 3.63) is 24.3 Å². The highest BCUT2D eigenvalue weighted by Crippen LogP contribution is 2.13. The zero-order valence-corrected chi connectivity index (χ0v) is 6.84. The summed E-state index contributed by atoms with van der Waals surface area (Å²) >= 11 is 0. The van der Waals surface area contributed by atoms with E-state index in [0.717, 1.165) is 0 Å². The molecule has 0 heterocycles. The minimum Gasteiger partial charge on any atom is -0.508 e. The average Bonchev–Trinajstić information content (AvgIpc) is 2.11. The summed E-state index contributed by atoms with van der Waals surface area (Å²) in [4.78, 5) is 9.24. The van der Waals surface area contributed by atoms with Crippen LogP contribution in [0.25, 0.3) is 0 Å². The van der Waals surface area contributed by atoms with Crippen LogP contribution >= 0.6 is 0 Å². The van der Waals surface area contributed by atoms with E-state index in [9.17, 15) is 4.79 Å². The van der Waals surface area contributed by atoms with Crippen LogP contribution in [0.3, 0.4) is 0 Å². The Hall–Kier alpha value is -1.75. The lowest BCUT2D eigenvalue weighted by atomic mass is 10.3. The fourth-order valence-corrected chi connectivity index (χ4v) is 0.453. The Kier molecular flexibility index (Phi) is 5.06. The molecule has 0 spiro atoms. The highest BCUT2D eigenvalue weighted by molar-refractivity contribution is 5.68. The van der Waals surface area contributed by atoms with Crippen molar-refractivity contribution in [2.24, 2.45) is 5.73 Å². The number of rotatable bonds is 1. The number of carboxylic acid groups (broad SMARTS) is 1. The van der Waals surface area contributed by atoms with Crippen LogP contribution in [0.15, 0.2) is 24.3 Å². The molecule has 0 aliphatic heterocycles. The number of hydrogen-bond acceptors (Lipinski definition) is 4. The summed E-state index contributed by atoms with van der Waals surface area (Å²) in [6.45, 7) is -0.278. The molecular weight excluding hydrogens is 174 g/mol. The predicted octanol–water partition coefficient (Wildman–Crippen LogP) is 0.127. The van der Waals surface area contributed by atoms with E-state index in [0.29, 0.717) is 0 Å². The van der Waals surface area contributed by atoms with Crippen LogP contribution in [0.5, 0.6) is 11.5 Å². The van der Waals surface area contributed by atoms with Gasteiger partial charge in [-0.05, 0) is 24.3 Å². The smallest absolute Gasteiger partial charge is 0.317 e. The molecule has 13 heavy (non-hydrogen) atoms. The van der Waals surface area contributed by atoms with E-state index in [1.165, 1.54) is 24.3 Å². The van der Waals surface area contributed by atoms with Gasteiger partial charge in [0.25, 0.3) is 0 Å². The van der Waals surface area contributed by atoms with E-state index < -0.39 is 5.97 Å². The third-order valence-corrected chi connectivity index (χ3v) is 1.02. The Labute approximate surface area is 75.1 Å². The molecule has 0 atom stereocenters. The third-order valence-electron chi connectivity index (χ3n) is 1.02. The van der Waals surface area contributed by atoms with Crippen LogP contribution in [0.4, 0.5) is 0 Å². The van der Waals surface area contributed by atoms with Crippen LogP contribution < -0.4 is 5.73 Å². The summed E-state index contributed by atoms with van der Waals surface area (Å²) < 4.78 is 0. The van der Waals surface area contributed by atoms with Gasteiger partial charge in [-0.3, -0.25) is 4.79 Å². The normalized spacial score (nSPS) is 8.38. The average molecular weight is 185 g/mol. The van der Waals surface area contributed by atoms with Crippen molar-refractivity contribution in [2.45, 2.75) is 0 Å². The number of carbonyl (C=O) groups is 1. The maximum atomic E-state index is 9.24. The second-order valence-electron chi connectivity index (χ2n) is 2.11. The first kappa shape index (κ1) is 11.2. The number of carboxylic acids is 1. The number of phenols is 2. The molecule has 1 aromatic carbocycles. The first-order valence-corrected chi connectivity index (χ1v) is 3.46. The van der Waals surface area contributed by atoms with Gasteiger partial charge >= 0.3 is 5.97 Å². The van der Waals surface area contributed by atoms with Gasteiger partial charge in [0, 0.05) is 0 Å². The Morgan fingerprint density at radius 3 is 1.54 bits per heavy atom. The third kappa shape index (κ3) is 6.64. The van der Waals surface area contributed by atoms with Gasteiger partial charge in [-0.25, -0.2) is 0 Å². The van der Waals surface area contributed by atoms with Gasteiger partial charge in [-0.2, -0.15) is 0 Å². The maximum Gasteiger partial charge on any atom is 0.317 e. The van der Waals surface area contributed by atoms with Crippen LogP contribution in [0.1, 0.15) is 0 Å². The fraction of sp³-hybridized carbons (Fsp3) is 0.125. The number of hydrogen-bond donors (Lipinski definition) is 4. The largest absolute Gasteiger partial charge is 0.508 e. The van der Waals surface area contributed by atoms with E-state index >= 15 is 0 Å². The van der Waals surface area contributed by atoms with Crippen molar-refractivity contribution < 1.29 is 20.1 Å². The monoisotopic (exact) mass is 185 g/mol. The molecule has 5 N–H and O–H groups in total. The second-order valence-corrected chi connectivity index (χ2v) is 2.11. The number of phenolic OH excluding ortho intramolecular Hbond substituents is 2. The van der Waals surface area contributed by atoms with Gasteiger partial charge in [0.1, 0.15) is 11.5 Å². The van der Waals surface area contributed by atoms with Crippen LogP contribution in [0, 0.1) is 0 Å². The van der Waals surface area contributed by atoms with Crippen LogP contribution in [0.2, 0.25) is 0 Å². The van der Waals surface area contributed by atoms with E-state index in [1.807, 2.05) is 0 Å². The molecule has 5 nitrogen and oxygen atoms in total. The highest BCUT2D eigenvalue weighted by atomic mass is 16.4. The van der Waals surface area contributed by atoms with Gasteiger partial charge in [0.2, 0.25) is 0 Å². The molecule has 0 aliphatic rings. The Morgan fingerprint density at radius 2 is 1.38 bits per heavy atom. The van der Waals surface area contributed by atoms with Crippen molar-refractivity contribution >= 4 is 5.97 Å². The van der Waals surface area contributed by atoms with E-state index in [-0.39, 0.29) is 18.0 Å². The predicted molar refractivity (Wildman–Crippen MR) is 46.5 cm³/mol. The Morgan fingerprint density at radius 1 is 1.15 bits per heavy atom. The summed E-state index contributed by atoms with van der Waals surface area (Å²) in [5.74, 6) is -0.629.